The van der Waals surface area contributed by atoms with E-state index in [1.165, 1.54) is 10.4 Å². The lowest BCUT2D eigenvalue weighted by Crippen LogP contribution is -2.29. The van der Waals surface area contributed by atoms with Crippen LogP contribution in [0.5, 0.6) is 0 Å². The zero-order valence-corrected chi connectivity index (χ0v) is 14.9. The Morgan fingerprint density at radius 1 is 1.32 bits per heavy atom. The highest BCUT2D eigenvalue weighted by atomic mass is 32.2. The molecule has 0 radical (unpaired) electrons. The molecule has 1 rings (SSSR count). The maximum Gasteiger partial charge on any atom is 0.264 e. The van der Waals surface area contributed by atoms with E-state index in [0.717, 1.165) is 12.0 Å². The first-order valence-electron chi connectivity index (χ1n) is 7.39. The third-order valence-corrected chi connectivity index (χ3v) is 5.74. The molecule has 0 aromatic carbocycles. The Labute approximate surface area is 134 Å². The van der Waals surface area contributed by atoms with E-state index in [-0.39, 0.29) is 10.9 Å². The first-order chi connectivity index (χ1) is 10.4. The van der Waals surface area contributed by atoms with Gasteiger partial charge in [-0.15, -0.1) is 0 Å². The first kappa shape index (κ1) is 18.5. The van der Waals surface area contributed by atoms with Crippen molar-refractivity contribution in [3.63, 3.8) is 0 Å². The van der Waals surface area contributed by atoms with Crippen LogP contribution in [0.15, 0.2) is 58.7 Å². The monoisotopic (exact) mass is 322 g/mol. The summed E-state index contributed by atoms with van der Waals surface area (Å²) in [6, 6.07) is -0.202. The number of hydrogen-bond acceptors (Lipinski definition) is 3. The van der Waals surface area contributed by atoms with Crippen LogP contribution in [0.4, 0.5) is 0 Å². The van der Waals surface area contributed by atoms with Crippen LogP contribution in [0.3, 0.4) is 0 Å². The molecule has 0 saturated carbocycles. The zero-order chi connectivity index (χ0) is 16.9. The second-order valence-electron chi connectivity index (χ2n) is 5.07. The summed E-state index contributed by atoms with van der Waals surface area (Å²) in [6.45, 7) is 9.46. The molecule has 0 aromatic rings. The van der Waals surface area contributed by atoms with Crippen molar-refractivity contribution in [2.75, 3.05) is 14.1 Å². The normalized spacial score (nSPS) is 22.8. The van der Waals surface area contributed by atoms with Gasteiger partial charge in [-0.05, 0) is 44.5 Å². The number of nitrogens with zero attached hydrogens (tertiary/aromatic N) is 1. The minimum atomic E-state index is -3.60. The van der Waals surface area contributed by atoms with E-state index in [0.29, 0.717) is 11.3 Å². The molecule has 0 aliphatic carbocycles. The summed E-state index contributed by atoms with van der Waals surface area (Å²) in [6.07, 6.45) is 10.0. The Hall–Kier alpha value is -1.59. The molecule has 1 atom stereocenters. The SMILES string of the molecule is C=CC1=C(/C=C\C)C(NC)C(/C=C\CC)=C(C)N(C)S1(=O)=O. The van der Waals surface area contributed by atoms with Crippen LogP contribution in [0.1, 0.15) is 27.2 Å². The lowest BCUT2D eigenvalue weighted by molar-refractivity contribution is 0.530. The Bertz CT molecular complexity index is 652. The van der Waals surface area contributed by atoms with E-state index in [4.69, 9.17) is 0 Å². The van der Waals surface area contributed by atoms with E-state index in [2.05, 4.69) is 18.8 Å². The molecule has 1 aliphatic rings. The van der Waals surface area contributed by atoms with E-state index < -0.39 is 10.0 Å². The second kappa shape index (κ2) is 7.61. The zero-order valence-electron chi connectivity index (χ0n) is 14.1. The van der Waals surface area contributed by atoms with Gasteiger partial charge in [0.25, 0.3) is 10.0 Å². The van der Waals surface area contributed by atoms with E-state index in [1.807, 2.05) is 45.2 Å². The van der Waals surface area contributed by atoms with Crippen molar-refractivity contribution in [1.29, 1.82) is 0 Å². The third-order valence-electron chi connectivity index (χ3n) is 3.79. The number of rotatable bonds is 5. The maximum absolute atomic E-state index is 12.8. The topological polar surface area (TPSA) is 49.4 Å². The second-order valence-corrected chi connectivity index (χ2v) is 7.01. The predicted molar refractivity (Wildman–Crippen MR) is 93.7 cm³/mol. The van der Waals surface area contributed by atoms with Crippen molar-refractivity contribution < 1.29 is 8.42 Å². The summed E-state index contributed by atoms with van der Waals surface area (Å²) in [5.41, 5.74) is 2.36. The van der Waals surface area contributed by atoms with Gasteiger partial charge in [0.05, 0.1) is 10.9 Å². The number of hydrogen-bond donors (Lipinski definition) is 1. The van der Waals surface area contributed by atoms with Gasteiger partial charge in [0, 0.05) is 12.7 Å². The summed E-state index contributed by atoms with van der Waals surface area (Å²) in [5, 5.41) is 3.23. The summed E-state index contributed by atoms with van der Waals surface area (Å²) in [4.78, 5) is 0.242. The molecule has 1 N–H and O–H groups in total. The molecule has 1 heterocycles. The quantitative estimate of drug-likeness (QED) is 0.846. The van der Waals surface area contributed by atoms with Crippen molar-refractivity contribution >= 4 is 10.0 Å². The number of sulfonamides is 1. The van der Waals surface area contributed by atoms with Crippen molar-refractivity contribution in [2.45, 2.75) is 33.2 Å². The standard InChI is InChI=1S/C17H26N2O2S/c1-7-10-12-14-13(4)19(6)22(20,21)16(9-3)15(11-8-2)17(14)18-5/h8-12,17-18H,3,7H2,1-2,4-6H3/b11-8-,12-10-. The van der Waals surface area contributed by atoms with Gasteiger partial charge >= 0.3 is 0 Å². The van der Waals surface area contributed by atoms with Gasteiger partial charge in [-0.25, -0.2) is 8.42 Å². The lowest BCUT2D eigenvalue weighted by atomic mass is 9.95. The van der Waals surface area contributed by atoms with Crippen LogP contribution in [0, 0.1) is 0 Å². The van der Waals surface area contributed by atoms with Crippen LogP contribution in [0.25, 0.3) is 0 Å². The van der Waals surface area contributed by atoms with Gasteiger partial charge in [-0.2, -0.15) is 0 Å². The van der Waals surface area contributed by atoms with E-state index in [1.54, 1.807) is 7.05 Å². The van der Waals surface area contributed by atoms with Crippen LogP contribution in [0.2, 0.25) is 0 Å². The predicted octanol–water partition coefficient (Wildman–Crippen LogP) is 3.11. The van der Waals surface area contributed by atoms with Gasteiger partial charge in [0.2, 0.25) is 0 Å². The molecule has 0 bridgehead atoms. The molecule has 0 aromatic heterocycles. The Morgan fingerprint density at radius 2 is 1.95 bits per heavy atom. The third kappa shape index (κ3) is 3.25. The fourth-order valence-electron chi connectivity index (χ4n) is 2.53. The minimum Gasteiger partial charge on any atom is -0.309 e. The van der Waals surface area contributed by atoms with Crippen molar-refractivity contribution in [3.05, 3.63) is 58.7 Å². The molecule has 0 saturated heterocycles. The molecule has 22 heavy (non-hydrogen) atoms. The smallest absolute Gasteiger partial charge is 0.264 e. The van der Waals surface area contributed by atoms with Gasteiger partial charge in [0.15, 0.2) is 0 Å². The van der Waals surface area contributed by atoms with Crippen molar-refractivity contribution in [2.24, 2.45) is 0 Å². The molecule has 1 unspecified atom stereocenters. The fraction of sp³-hybridized carbons (Fsp3) is 0.412. The molecule has 122 valence electrons. The summed E-state index contributed by atoms with van der Waals surface area (Å²) in [5.74, 6) is 0. The average Bonchev–Trinajstić information content (AvgIpc) is 2.54. The van der Waals surface area contributed by atoms with E-state index in [9.17, 15) is 8.42 Å². The van der Waals surface area contributed by atoms with Crippen LogP contribution < -0.4 is 5.32 Å². The molecular weight excluding hydrogens is 296 g/mol. The molecular formula is C17H26N2O2S. The summed E-state index contributed by atoms with van der Waals surface area (Å²) < 4.78 is 27.0. The molecule has 0 spiro atoms. The van der Waals surface area contributed by atoms with Gasteiger partial charge in [-0.1, -0.05) is 37.8 Å². The Morgan fingerprint density at radius 3 is 2.41 bits per heavy atom. The Kier molecular flexibility index (Phi) is 6.38. The highest BCUT2D eigenvalue weighted by Crippen LogP contribution is 2.32. The molecule has 5 heteroatoms. The van der Waals surface area contributed by atoms with Gasteiger partial charge < -0.3 is 5.32 Å². The maximum atomic E-state index is 12.8. The number of likely N-dealkylation sites (N-methyl/N-ethyl adjacent to an activating group) is 1. The molecule has 1 aliphatic heterocycles. The summed E-state index contributed by atoms with van der Waals surface area (Å²) in [7, 11) is -0.183. The molecule has 4 nitrogen and oxygen atoms in total. The largest absolute Gasteiger partial charge is 0.309 e. The highest BCUT2D eigenvalue weighted by Gasteiger charge is 2.33. The van der Waals surface area contributed by atoms with Crippen LogP contribution in [-0.4, -0.2) is 32.9 Å². The first-order valence-corrected chi connectivity index (χ1v) is 8.83. The number of nitrogens with one attached hydrogen (secondary N) is 1. The minimum absolute atomic E-state index is 0.202. The summed E-state index contributed by atoms with van der Waals surface area (Å²) >= 11 is 0. The Balaban J connectivity index is 3.82. The number of allylic oxidation sites excluding steroid dienone is 4. The van der Waals surface area contributed by atoms with Gasteiger partial charge in [0.1, 0.15) is 0 Å². The molecule has 0 amide bonds. The van der Waals surface area contributed by atoms with Crippen molar-refractivity contribution in [3.8, 4) is 0 Å². The average molecular weight is 322 g/mol. The van der Waals surface area contributed by atoms with Crippen LogP contribution >= 0.6 is 0 Å². The van der Waals surface area contributed by atoms with E-state index >= 15 is 0 Å². The fourth-order valence-corrected chi connectivity index (χ4v) is 3.99. The van der Waals surface area contributed by atoms with Crippen molar-refractivity contribution in [1.82, 2.24) is 9.62 Å². The van der Waals surface area contributed by atoms with Gasteiger partial charge in [-0.3, -0.25) is 4.31 Å². The highest BCUT2D eigenvalue weighted by molar-refractivity contribution is 7.93. The van der Waals surface area contributed by atoms with Crippen LogP contribution in [-0.2, 0) is 10.0 Å². The molecule has 0 fully saturated rings. The lowest BCUT2D eigenvalue weighted by Gasteiger charge is -2.21.